The third-order valence-electron chi connectivity index (χ3n) is 3.27. The maximum atomic E-state index is 12.6. The molecule has 0 saturated carbocycles. The summed E-state index contributed by atoms with van der Waals surface area (Å²) in [4.78, 5) is 37.5. The molecule has 120 valence electrons. The number of aliphatic hydroxyl groups excluding tert-OH is 1. The predicted molar refractivity (Wildman–Crippen MR) is 86.9 cm³/mol. The first-order chi connectivity index (χ1) is 10.3. The molecule has 2 N–H and O–H groups in total. The molecule has 1 atom stereocenters. The standard InChI is InChI=1S/C14H17IN2O5/c1-14(12(20)16-2,13(21)22-3)17(8-18)11(19)9-4-6-10(15)7-5-9/h4-7,18H,8H2,1-3H3,(H,16,20). The first-order valence-electron chi connectivity index (χ1n) is 6.31. The van der Waals surface area contributed by atoms with Crippen LogP contribution in [0.2, 0.25) is 0 Å². The van der Waals surface area contributed by atoms with Gasteiger partial charge in [0.15, 0.2) is 0 Å². The summed E-state index contributed by atoms with van der Waals surface area (Å²) in [5, 5.41) is 11.9. The van der Waals surface area contributed by atoms with Crippen molar-refractivity contribution in [2.45, 2.75) is 12.5 Å². The number of ether oxygens (including phenoxy) is 1. The highest BCUT2D eigenvalue weighted by Crippen LogP contribution is 2.21. The van der Waals surface area contributed by atoms with Gasteiger partial charge in [-0.05, 0) is 53.8 Å². The summed E-state index contributed by atoms with van der Waals surface area (Å²) in [7, 11) is 2.43. The SMILES string of the molecule is CNC(=O)C(C)(C(=O)OC)N(CO)C(=O)c1ccc(I)cc1. The molecule has 0 fully saturated rings. The van der Waals surface area contributed by atoms with Crippen molar-refractivity contribution < 1.29 is 24.2 Å². The first-order valence-corrected chi connectivity index (χ1v) is 7.39. The van der Waals surface area contributed by atoms with Gasteiger partial charge >= 0.3 is 5.97 Å². The molecule has 0 spiro atoms. The van der Waals surface area contributed by atoms with Gasteiger partial charge in [-0.25, -0.2) is 4.79 Å². The Balaban J connectivity index is 3.30. The predicted octanol–water partition coefficient (Wildman–Crippen LogP) is 0.361. The zero-order chi connectivity index (χ0) is 16.9. The molecule has 0 bridgehead atoms. The summed E-state index contributed by atoms with van der Waals surface area (Å²) < 4.78 is 5.54. The Labute approximate surface area is 141 Å². The smallest absolute Gasteiger partial charge is 0.341 e. The molecule has 0 heterocycles. The molecule has 1 aromatic carbocycles. The average molecular weight is 420 g/mol. The summed E-state index contributed by atoms with van der Waals surface area (Å²) in [5.41, 5.74) is -1.73. The summed E-state index contributed by atoms with van der Waals surface area (Å²) in [6.07, 6.45) is 0. The fourth-order valence-corrected chi connectivity index (χ4v) is 2.28. The number of amides is 2. The maximum Gasteiger partial charge on any atom is 0.341 e. The van der Waals surface area contributed by atoms with Gasteiger partial charge in [-0.15, -0.1) is 0 Å². The Kier molecular flexibility index (Phi) is 6.30. The van der Waals surface area contributed by atoms with Crippen molar-refractivity contribution in [2.75, 3.05) is 20.9 Å². The zero-order valence-corrected chi connectivity index (χ0v) is 14.6. The van der Waals surface area contributed by atoms with Gasteiger partial charge in [0.05, 0.1) is 7.11 Å². The fraction of sp³-hybridized carbons (Fsp3) is 0.357. The van der Waals surface area contributed by atoms with Crippen molar-refractivity contribution in [3.8, 4) is 0 Å². The van der Waals surface area contributed by atoms with Gasteiger partial charge in [0.1, 0.15) is 6.73 Å². The minimum Gasteiger partial charge on any atom is -0.467 e. The number of likely N-dealkylation sites (N-methyl/N-ethyl adjacent to an activating group) is 1. The van der Waals surface area contributed by atoms with Crippen LogP contribution in [0.25, 0.3) is 0 Å². The maximum absolute atomic E-state index is 12.6. The van der Waals surface area contributed by atoms with Crippen LogP contribution in [0, 0.1) is 3.57 Å². The van der Waals surface area contributed by atoms with Crippen LogP contribution in [-0.2, 0) is 14.3 Å². The number of benzene rings is 1. The fourth-order valence-electron chi connectivity index (χ4n) is 1.92. The van der Waals surface area contributed by atoms with Crippen molar-refractivity contribution in [3.05, 3.63) is 33.4 Å². The number of hydrogen-bond acceptors (Lipinski definition) is 5. The normalized spacial score (nSPS) is 13.0. The van der Waals surface area contributed by atoms with E-state index in [1.54, 1.807) is 24.3 Å². The Morgan fingerprint density at radius 3 is 2.27 bits per heavy atom. The van der Waals surface area contributed by atoms with Crippen LogP contribution in [0.5, 0.6) is 0 Å². The van der Waals surface area contributed by atoms with Gasteiger partial charge in [-0.3, -0.25) is 14.5 Å². The van der Waals surface area contributed by atoms with E-state index in [0.717, 1.165) is 15.6 Å². The monoisotopic (exact) mass is 420 g/mol. The van der Waals surface area contributed by atoms with Crippen molar-refractivity contribution in [2.24, 2.45) is 0 Å². The Morgan fingerprint density at radius 1 is 1.32 bits per heavy atom. The molecule has 8 heteroatoms. The molecule has 1 aromatic rings. The molecule has 7 nitrogen and oxygen atoms in total. The molecule has 0 aliphatic heterocycles. The summed E-state index contributed by atoms with van der Waals surface area (Å²) in [6.45, 7) is 0.405. The van der Waals surface area contributed by atoms with Crippen LogP contribution in [0.1, 0.15) is 17.3 Å². The number of carbonyl (C=O) groups is 3. The highest BCUT2D eigenvalue weighted by Gasteiger charge is 2.49. The van der Waals surface area contributed by atoms with E-state index in [-0.39, 0.29) is 5.56 Å². The molecule has 1 rings (SSSR count). The van der Waals surface area contributed by atoms with Gasteiger partial charge in [0.2, 0.25) is 5.54 Å². The van der Waals surface area contributed by atoms with Gasteiger partial charge < -0.3 is 15.2 Å². The van der Waals surface area contributed by atoms with E-state index in [0.29, 0.717) is 0 Å². The number of nitrogens with zero attached hydrogens (tertiary/aromatic N) is 1. The second-order valence-corrected chi connectivity index (χ2v) is 5.77. The Hall–Kier alpha value is -1.68. The highest BCUT2D eigenvalue weighted by atomic mass is 127. The van der Waals surface area contributed by atoms with Crippen molar-refractivity contribution in [3.63, 3.8) is 0 Å². The summed E-state index contributed by atoms with van der Waals surface area (Å²) in [6, 6.07) is 6.51. The van der Waals surface area contributed by atoms with Gasteiger partial charge in [0, 0.05) is 16.2 Å². The lowest BCUT2D eigenvalue weighted by Gasteiger charge is -2.35. The number of carbonyl (C=O) groups excluding carboxylic acids is 3. The number of rotatable bonds is 5. The van der Waals surface area contributed by atoms with Crippen LogP contribution in [0.15, 0.2) is 24.3 Å². The lowest BCUT2D eigenvalue weighted by molar-refractivity contribution is -0.160. The minimum atomic E-state index is -1.97. The van der Waals surface area contributed by atoms with E-state index in [2.05, 4.69) is 32.6 Å². The van der Waals surface area contributed by atoms with Gasteiger partial charge in [-0.1, -0.05) is 0 Å². The molecule has 0 aromatic heterocycles. The lowest BCUT2D eigenvalue weighted by atomic mass is 9.97. The van der Waals surface area contributed by atoms with Crippen LogP contribution in [0.4, 0.5) is 0 Å². The van der Waals surface area contributed by atoms with E-state index in [1.807, 2.05) is 0 Å². The third kappa shape index (κ3) is 3.38. The summed E-state index contributed by atoms with van der Waals surface area (Å²) >= 11 is 2.08. The highest BCUT2D eigenvalue weighted by molar-refractivity contribution is 14.1. The molecule has 0 aliphatic rings. The van der Waals surface area contributed by atoms with Crippen molar-refractivity contribution in [1.29, 1.82) is 0 Å². The van der Waals surface area contributed by atoms with Gasteiger partial charge in [-0.2, -0.15) is 0 Å². The molecule has 22 heavy (non-hydrogen) atoms. The summed E-state index contributed by atoms with van der Waals surface area (Å²) in [5.74, 6) is -2.36. The number of nitrogens with one attached hydrogen (secondary N) is 1. The zero-order valence-electron chi connectivity index (χ0n) is 12.4. The second kappa shape index (κ2) is 7.54. The topological polar surface area (TPSA) is 95.9 Å². The van der Waals surface area contributed by atoms with Crippen LogP contribution >= 0.6 is 22.6 Å². The molecule has 0 saturated heterocycles. The molecule has 1 unspecified atom stereocenters. The Bertz CT molecular complexity index is 557. The van der Waals surface area contributed by atoms with E-state index in [4.69, 9.17) is 0 Å². The molecule has 0 aliphatic carbocycles. The average Bonchev–Trinajstić information content (AvgIpc) is 2.53. The lowest BCUT2D eigenvalue weighted by Crippen LogP contribution is -2.63. The minimum absolute atomic E-state index is 0.244. The number of halogens is 1. The van der Waals surface area contributed by atoms with E-state index < -0.39 is 30.1 Å². The van der Waals surface area contributed by atoms with Crippen LogP contribution in [-0.4, -0.2) is 54.2 Å². The largest absolute Gasteiger partial charge is 0.467 e. The molecule has 0 radical (unpaired) electrons. The van der Waals surface area contributed by atoms with Crippen molar-refractivity contribution >= 4 is 40.4 Å². The Morgan fingerprint density at radius 2 is 1.86 bits per heavy atom. The third-order valence-corrected chi connectivity index (χ3v) is 3.99. The molecular formula is C14H17IN2O5. The van der Waals surface area contributed by atoms with E-state index >= 15 is 0 Å². The number of esters is 1. The quantitative estimate of drug-likeness (QED) is 0.311. The van der Waals surface area contributed by atoms with E-state index in [9.17, 15) is 19.5 Å². The van der Waals surface area contributed by atoms with Gasteiger partial charge in [0.25, 0.3) is 11.8 Å². The number of aliphatic hydroxyl groups is 1. The van der Waals surface area contributed by atoms with Crippen LogP contribution in [0.3, 0.4) is 0 Å². The van der Waals surface area contributed by atoms with Crippen molar-refractivity contribution in [1.82, 2.24) is 10.2 Å². The second-order valence-electron chi connectivity index (χ2n) is 4.52. The van der Waals surface area contributed by atoms with Crippen LogP contribution < -0.4 is 5.32 Å². The first kappa shape index (κ1) is 18.4. The number of methoxy groups -OCH3 is 1. The molecular weight excluding hydrogens is 403 g/mol. The molecule has 2 amide bonds. The number of hydrogen-bond donors (Lipinski definition) is 2. The van der Waals surface area contributed by atoms with E-state index in [1.165, 1.54) is 14.0 Å².